The maximum absolute atomic E-state index is 12.5. The summed E-state index contributed by atoms with van der Waals surface area (Å²) in [5, 5.41) is 23.2. The van der Waals surface area contributed by atoms with Crippen molar-refractivity contribution in [2.24, 2.45) is 0 Å². The van der Waals surface area contributed by atoms with Crippen molar-refractivity contribution >= 4 is 11.9 Å². The largest absolute Gasteiger partial charge is 0.466 e. The first-order valence-electron chi connectivity index (χ1n) is 38.3. The number of hydrogen-bond donors (Lipinski definition) is 3. The van der Waals surface area contributed by atoms with Crippen LogP contribution < -0.4 is 5.32 Å². The number of hydrogen-bond acceptors (Lipinski definition) is 5. The summed E-state index contributed by atoms with van der Waals surface area (Å²) in [6.07, 6.45) is 95.4. The number of nitrogens with one attached hydrogen (secondary N) is 1. The molecule has 0 heterocycles. The standard InChI is InChI=1S/C78H149NO5/c1-3-5-7-9-11-13-15-17-19-21-38-42-46-50-54-58-62-66-70-76(81)75(74-80)79-77(82)71-67-63-59-55-51-47-43-39-36-34-32-30-28-26-24-23-25-27-29-31-33-35-37-41-45-49-53-57-61-65-69-73-84-78(83)72-68-64-60-56-52-48-44-40-22-20-18-16-14-12-10-8-6-4-2/h14,16,20,22,66,70,75-76,80-81H,3-13,15,17-19,21,23-65,67-69,71-74H2,1-2H3,(H,79,82)/b16-14-,22-20-,70-66+. The second-order valence-corrected chi connectivity index (χ2v) is 26.3. The van der Waals surface area contributed by atoms with Crippen LogP contribution in [0.2, 0.25) is 0 Å². The lowest BCUT2D eigenvalue weighted by atomic mass is 10.0. The SMILES string of the molecule is CCCCCC/C=C\C/C=C\CCCCCCCCCC(=O)OCCCCCCCCCCCCCCCCCCCCCCCCCCCCCCCCCC(=O)NC(CO)C(O)/C=C/CCCCCCCCCCCCCCCCCC. The summed E-state index contributed by atoms with van der Waals surface area (Å²) >= 11 is 0. The van der Waals surface area contributed by atoms with Gasteiger partial charge in [0.15, 0.2) is 0 Å². The fraction of sp³-hybridized carbons (Fsp3) is 0.897. The van der Waals surface area contributed by atoms with Gasteiger partial charge in [0.2, 0.25) is 5.91 Å². The predicted octanol–water partition coefficient (Wildman–Crippen LogP) is 25.0. The maximum Gasteiger partial charge on any atom is 0.305 e. The second kappa shape index (κ2) is 73.5. The highest BCUT2D eigenvalue weighted by molar-refractivity contribution is 5.76. The first-order valence-corrected chi connectivity index (χ1v) is 38.3. The first kappa shape index (κ1) is 82.1. The molecule has 2 atom stereocenters. The van der Waals surface area contributed by atoms with E-state index >= 15 is 0 Å². The van der Waals surface area contributed by atoms with Crippen LogP contribution in [0.25, 0.3) is 0 Å². The highest BCUT2D eigenvalue weighted by Gasteiger charge is 2.18. The van der Waals surface area contributed by atoms with Crippen LogP contribution in [0.1, 0.15) is 425 Å². The van der Waals surface area contributed by atoms with E-state index in [1.54, 1.807) is 6.08 Å². The zero-order chi connectivity index (χ0) is 60.6. The lowest BCUT2D eigenvalue weighted by Crippen LogP contribution is -2.45. The molecule has 0 aliphatic rings. The third kappa shape index (κ3) is 69.2. The Morgan fingerprint density at radius 1 is 0.333 bits per heavy atom. The summed E-state index contributed by atoms with van der Waals surface area (Å²) in [7, 11) is 0. The second-order valence-electron chi connectivity index (χ2n) is 26.3. The van der Waals surface area contributed by atoms with E-state index in [4.69, 9.17) is 4.74 Å². The van der Waals surface area contributed by atoms with Gasteiger partial charge in [-0.3, -0.25) is 9.59 Å². The van der Waals surface area contributed by atoms with E-state index in [1.165, 1.54) is 347 Å². The third-order valence-corrected chi connectivity index (χ3v) is 17.9. The number of amides is 1. The summed E-state index contributed by atoms with van der Waals surface area (Å²) in [6, 6.07) is -0.625. The van der Waals surface area contributed by atoms with E-state index in [-0.39, 0.29) is 18.5 Å². The maximum atomic E-state index is 12.5. The van der Waals surface area contributed by atoms with Gasteiger partial charge in [0.05, 0.1) is 25.4 Å². The summed E-state index contributed by atoms with van der Waals surface area (Å²) in [6.45, 7) is 4.93. The molecule has 0 saturated carbocycles. The summed E-state index contributed by atoms with van der Waals surface area (Å²) < 4.78 is 5.51. The number of allylic oxidation sites excluding steroid dienone is 5. The molecule has 6 nitrogen and oxygen atoms in total. The number of esters is 1. The van der Waals surface area contributed by atoms with Crippen LogP contribution >= 0.6 is 0 Å². The van der Waals surface area contributed by atoms with Crippen molar-refractivity contribution in [2.45, 2.75) is 437 Å². The van der Waals surface area contributed by atoms with Gasteiger partial charge in [0, 0.05) is 12.8 Å². The monoisotopic (exact) mass is 1180 g/mol. The van der Waals surface area contributed by atoms with Gasteiger partial charge in [-0.2, -0.15) is 0 Å². The Kier molecular flexibility index (Phi) is 71.9. The molecule has 0 rings (SSSR count). The molecular formula is C78H149NO5. The van der Waals surface area contributed by atoms with E-state index in [1.807, 2.05) is 6.08 Å². The summed E-state index contributed by atoms with van der Waals surface area (Å²) in [5.74, 6) is -0.0465. The van der Waals surface area contributed by atoms with Gasteiger partial charge in [0.25, 0.3) is 0 Å². The topological polar surface area (TPSA) is 95.9 Å². The molecule has 0 fully saturated rings. The first-order chi connectivity index (χ1) is 41.5. The van der Waals surface area contributed by atoms with Crippen LogP contribution in [0.3, 0.4) is 0 Å². The molecule has 0 spiro atoms. The molecule has 2 unspecified atom stereocenters. The fourth-order valence-electron chi connectivity index (χ4n) is 12.1. The minimum atomic E-state index is -0.842. The Morgan fingerprint density at radius 3 is 0.917 bits per heavy atom. The quantitative estimate of drug-likeness (QED) is 0.0320. The highest BCUT2D eigenvalue weighted by Crippen LogP contribution is 2.19. The van der Waals surface area contributed by atoms with Gasteiger partial charge in [-0.25, -0.2) is 0 Å². The van der Waals surface area contributed by atoms with Crippen LogP contribution in [0.5, 0.6) is 0 Å². The number of aliphatic hydroxyl groups is 2. The van der Waals surface area contributed by atoms with Gasteiger partial charge in [-0.05, 0) is 64.2 Å². The van der Waals surface area contributed by atoms with Gasteiger partial charge in [-0.15, -0.1) is 0 Å². The number of rotatable bonds is 72. The van der Waals surface area contributed by atoms with Crippen molar-refractivity contribution in [1.29, 1.82) is 0 Å². The van der Waals surface area contributed by atoms with Crippen LogP contribution in [0, 0.1) is 0 Å². The lowest BCUT2D eigenvalue weighted by Gasteiger charge is -2.20. The third-order valence-electron chi connectivity index (χ3n) is 17.9. The zero-order valence-corrected chi connectivity index (χ0v) is 56.9. The molecule has 84 heavy (non-hydrogen) atoms. The molecule has 0 aliphatic carbocycles. The normalized spacial score (nSPS) is 12.7. The Hall–Kier alpha value is -1.92. The molecule has 0 aromatic rings. The van der Waals surface area contributed by atoms with Gasteiger partial charge < -0.3 is 20.3 Å². The summed E-state index contributed by atoms with van der Waals surface area (Å²) in [5.41, 5.74) is 0. The predicted molar refractivity (Wildman–Crippen MR) is 370 cm³/mol. The van der Waals surface area contributed by atoms with Gasteiger partial charge in [0.1, 0.15) is 0 Å². The van der Waals surface area contributed by atoms with Crippen molar-refractivity contribution in [2.75, 3.05) is 13.2 Å². The number of ether oxygens (including phenoxy) is 1. The van der Waals surface area contributed by atoms with Crippen molar-refractivity contribution < 1.29 is 24.5 Å². The molecule has 6 heteroatoms. The van der Waals surface area contributed by atoms with Crippen LogP contribution in [0.4, 0.5) is 0 Å². The van der Waals surface area contributed by atoms with E-state index in [0.29, 0.717) is 19.4 Å². The van der Waals surface area contributed by atoms with Crippen molar-refractivity contribution in [1.82, 2.24) is 5.32 Å². The van der Waals surface area contributed by atoms with E-state index in [9.17, 15) is 19.8 Å². The van der Waals surface area contributed by atoms with E-state index < -0.39 is 12.1 Å². The molecule has 0 aromatic heterocycles. The van der Waals surface area contributed by atoms with Crippen molar-refractivity contribution in [3.63, 3.8) is 0 Å². The molecule has 0 bridgehead atoms. The average Bonchev–Trinajstić information content (AvgIpc) is 3.52. The smallest absolute Gasteiger partial charge is 0.305 e. The summed E-state index contributed by atoms with van der Waals surface area (Å²) in [4.78, 5) is 24.6. The molecule has 3 N–H and O–H groups in total. The van der Waals surface area contributed by atoms with Gasteiger partial charge in [-0.1, -0.05) is 384 Å². The Bertz CT molecular complexity index is 1360. The number of unbranched alkanes of at least 4 members (excludes halogenated alkanes) is 57. The van der Waals surface area contributed by atoms with Crippen molar-refractivity contribution in [3.05, 3.63) is 36.5 Å². The minimum Gasteiger partial charge on any atom is -0.466 e. The number of carbonyl (C=O) groups is 2. The highest BCUT2D eigenvalue weighted by atomic mass is 16.5. The Labute approximate surface area is 525 Å². The van der Waals surface area contributed by atoms with Gasteiger partial charge >= 0.3 is 5.97 Å². The van der Waals surface area contributed by atoms with Crippen LogP contribution in [-0.4, -0.2) is 47.4 Å². The molecule has 1 amide bonds. The van der Waals surface area contributed by atoms with E-state index in [0.717, 1.165) is 51.4 Å². The average molecular weight is 1180 g/mol. The minimum absolute atomic E-state index is 0.0137. The van der Waals surface area contributed by atoms with Crippen molar-refractivity contribution in [3.8, 4) is 0 Å². The molecule has 0 aliphatic heterocycles. The molecule has 0 radical (unpaired) electrons. The van der Waals surface area contributed by atoms with Crippen LogP contribution in [0.15, 0.2) is 36.5 Å². The Morgan fingerprint density at radius 2 is 0.595 bits per heavy atom. The molecular weight excluding hydrogens is 1030 g/mol. The molecule has 496 valence electrons. The Balaban J connectivity index is 3.34. The fourth-order valence-corrected chi connectivity index (χ4v) is 12.1. The molecule has 0 aromatic carbocycles. The van der Waals surface area contributed by atoms with E-state index in [2.05, 4.69) is 43.5 Å². The lowest BCUT2D eigenvalue weighted by molar-refractivity contribution is -0.143. The number of carbonyl (C=O) groups excluding carboxylic acids is 2. The zero-order valence-electron chi connectivity index (χ0n) is 56.9. The number of aliphatic hydroxyl groups excluding tert-OH is 2. The molecule has 0 saturated heterocycles. The van der Waals surface area contributed by atoms with Crippen LogP contribution in [-0.2, 0) is 14.3 Å².